The predicted octanol–water partition coefficient (Wildman–Crippen LogP) is 3.87. The molecule has 0 unspecified atom stereocenters. The molecule has 28 heavy (non-hydrogen) atoms. The zero-order valence-electron chi connectivity index (χ0n) is 16.3. The number of nitrogens with one attached hydrogen (secondary N) is 1. The van der Waals surface area contributed by atoms with E-state index in [9.17, 15) is 9.59 Å². The molecule has 1 N–H and O–H groups in total. The van der Waals surface area contributed by atoms with Gasteiger partial charge in [0.25, 0.3) is 5.91 Å². The van der Waals surface area contributed by atoms with Crippen molar-refractivity contribution in [1.82, 2.24) is 0 Å². The SMILES string of the molecule is CCC(CC)C(=O)Nc1ccc2c(c1)N(CCOc1ccccc1)C(=O)CO2. The van der Waals surface area contributed by atoms with Crippen molar-refractivity contribution in [2.75, 3.05) is 30.0 Å². The van der Waals surface area contributed by atoms with E-state index in [0.29, 0.717) is 30.3 Å². The summed E-state index contributed by atoms with van der Waals surface area (Å²) in [6.07, 6.45) is 1.58. The molecule has 0 atom stereocenters. The minimum atomic E-state index is -0.132. The van der Waals surface area contributed by atoms with Gasteiger partial charge in [0.05, 0.1) is 12.2 Å². The third kappa shape index (κ3) is 4.63. The van der Waals surface area contributed by atoms with Gasteiger partial charge in [-0.3, -0.25) is 9.59 Å². The number of nitrogens with zero attached hydrogens (tertiary/aromatic N) is 1. The molecule has 2 aromatic rings. The highest BCUT2D eigenvalue weighted by Crippen LogP contribution is 2.34. The van der Waals surface area contributed by atoms with Crippen LogP contribution < -0.4 is 19.7 Å². The number of fused-ring (bicyclic) bond motifs is 1. The quantitative estimate of drug-likeness (QED) is 0.753. The zero-order chi connectivity index (χ0) is 19.9. The lowest BCUT2D eigenvalue weighted by Gasteiger charge is -2.30. The van der Waals surface area contributed by atoms with E-state index >= 15 is 0 Å². The topological polar surface area (TPSA) is 67.9 Å². The van der Waals surface area contributed by atoms with Crippen molar-refractivity contribution in [1.29, 1.82) is 0 Å². The molecular weight excluding hydrogens is 356 g/mol. The van der Waals surface area contributed by atoms with Crippen LogP contribution in [0.3, 0.4) is 0 Å². The lowest BCUT2D eigenvalue weighted by atomic mass is 10.0. The summed E-state index contributed by atoms with van der Waals surface area (Å²) < 4.78 is 11.3. The van der Waals surface area contributed by atoms with Gasteiger partial charge >= 0.3 is 0 Å². The molecule has 6 heteroatoms. The second-order valence-corrected chi connectivity index (χ2v) is 6.68. The molecule has 3 rings (SSSR count). The Labute approximate surface area is 165 Å². The Morgan fingerprint density at radius 3 is 2.64 bits per heavy atom. The maximum absolute atomic E-state index is 12.4. The average molecular weight is 382 g/mol. The fourth-order valence-electron chi connectivity index (χ4n) is 3.20. The Morgan fingerprint density at radius 1 is 1.18 bits per heavy atom. The molecule has 6 nitrogen and oxygen atoms in total. The fraction of sp³-hybridized carbons (Fsp3) is 0.364. The summed E-state index contributed by atoms with van der Waals surface area (Å²) in [5.41, 5.74) is 1.30. The molecule has 0 saturated carbocycles. The summed E-state index contributed by atoms with van der Waals surface area (Å²) in [6.45, 7) is 4.76. The van der Waals surface area contributed by atoms with Gasteiger partial charge < -0.3 is 19.7 Å². The van der Waals surface area contributed by atoms with Crippen LogP contribution in [0, 0.1) is 5.92 Å². The molecule has 0 radical (unpaired) electrons. The van der Waals surface area contributed by atoms with Crippen LogP contribution in [0.5, 0.6) is 11.5 Å². The molecule has 1 aliphatic heterocycles. The smallest absolute Gasteiger partial charge is 0.265 e. The minimum absolute atomic E-state index is 0.00220. The van der Waals surface area contributed by atoms with Crippen LogP contribution in [0.2, 0.25) is 0 Å². The van der Waals surface area contributed by atoms with Crippen molar-refractivity contribution in [2.45, 2.75) is 26.7 Å². The third-order valence-corrected chi connectivity index (χ3v) is 4.85. The molecular formula is C22H26N2O4. The van der Waals surface area contributed by atoms with Crippen molar-refractivity contribution in [2.24, 2.45) is 5.92 Å². The molecule has 0 spiro atoms. The Balaban J connectivity index is 1.71. The Hall–Kier alpha value is -3.02. The molecule has 2 aromatic carbocycles. The molecule has 2 amide bonds. The van der Waals surface area contributed by atoms with Crippen LogP contribution in [0.4, 0.5) is 11.4 Å². The van der Waals surface area contributed by atoms with E-state index in [0.717, 1.165) is 18.6 Å². The number of ether oxygens (including phenoxy) is 2. The zero-order valence-corrected chi connectivity index (χ0v) is 16.3. The van der Waals surface area contributed by atoms with Gasteiger partial charge in [0, 0.05) is 11.6 Å². The third-order valence-electron chi connectivity index (χ3n) is 4.85. The van der Waals surface area contributed by atoms with Crippen LogP contribution >= 0.6 is 0 Å². The highest BCUT2D eigenvalue weighted by molar-refractivity contribution is 5.99. The van der Waals surface area contributed by atoms with Gasteiger partial charge in [0.1, 0.15) is 18.1 Å². The molecule has 0 fully saturated rings. The highest BCUT2D eigenvalue weighted by Gasteiger charge is 2.26. The van der Waals surface area contributed by atoms with Crippen LogP contribution in [0.1, 0.15) is 26.7 Å². The van der Waals surface area contributed by atoms with E-state index in [1.807, 2.05) is 44.2 Å². The number of carbonyl (C=O) groups excluding carboxylic acids is 2. The van der Waals surface area contributed by atoms with E-state index in [-0.39, 0.29) is 24.3 Å². The summed E-state index contributed by atoms with van der Waals surface area (Å²) in [6, 6.07) is 14.9. The number of benzene rings is 2. The first kappa shape index (κ1) is 19.7. The number of para-hydroxylation sites is 1. The number of hydrogen-bond donors (Lipinski definition) is 1. The molecule has 1 aliphatic rings. The second kappa shape index (κ2) is 9.26. The fourth-order valence-corrected chi connectivity index (χ4v) is 3.20. The minimum Gasteiger partial charge on any atom is -0.492 e. The summed E-state index contributed by atoms with van der Waals surface area (Å²) >= 11 is 0. The normalized spacial score (nSPS) is 13.1. The molecule has 0 bridgehead atoms. The number of hydrogen-bond acceptors (Lipinski definition) is 4. The second-order valence-electron chi connectivity index (χ2n) is 6.68. The van der Waals surface area contributed by atoms with E-state index < -0.39 is 0 Å². The molecule has 148 valence electrons. The van der Waals surface area contributed by atoms with E-state index in [1.165, 1.54) is 0 Å². The summed E-state index contributed by atoms with van der Waals surface area (Å²) in [7, 11) is 0. The van der Waals surface area contributed by atoms with Gasteiger partial charge in [-0.1, -0.05) is 32.0 Å². The number of anilines is 2. The van der Waals surface area contributed by atoms with Crippen LogP contribution in [0.15, 0.2) is 48.5 Å². The maximum atomic E-state index is 12.4. The van der Waals surface area contributed by atoms with Gasteiger partial charge in [-0.2, -0.15) is 0 Å². The van der Waals surface area contributed by atoms with Gasteiger partial charge in [-0.05, 0) is 43.2 Å². The van der Waals surface area contributed by atoms with Crippen molar-refractivity contribution >= 4 is 23.2 Å². The van der Waals surface area contributed by atoms with Crippen LogP contribution in [-0.4, -0.2) is 31.6 Å². The van der Waals surface area contributed by atoms with E-state index in [2.05, 4.69) is 5.32 Å². The monoisotopic (exact) mass is 382 g/mol. The molecule has 0 aliphatic carbocycles. The number of rotatable bonds is 8. The van der Waals surface area contributed by atoms with Gasteiger partial charge in [0.2, 0.25) is 5.91 Å². The first-order valence-corrected chi connectivity index (χ1v) is 9.68. The van der Waals surface area contributed by atoms with E-state index in [4.69, 9.17) is 9.47 Å². The van der Waals surface area contributed by atoms with Gasteiger partial charge in [-0.25, -0.2) is 0 Å². The Morgan fingerprint density at radius 2 is 1.93 bits per heavy atom. The van der Waals surface area contributed by atoms with Crippen LogP contribution in [0.25, 0.3) is 0 Å². The summed E-state index contributed by atoms with van der Waals surface area (Å²) in [5, 5.41) is 2.95. The summed E-state index contributed by atoms with van der Waals surface area (Å²) in [4.78, 5) is 26.4. The van der Waals surface area contributed by atoms with Gasteiger partial charge in [-0.15, -0.1) is 0 Å². The number of amides is 2. The lowest BCUT2D eigenvalue weighted by Crippen LogP contribution is -2.41. The largest absolute Gasteiger partial charge is 0.492 e. The predicted molar refractivity (Wildman–Crippen MR) is 109 cm³/mol. The highest BCUT2D eigenvalue weighted by atomic mass is 16.5. The first-order valence-electron chi connectivity index (χ1n) is 9.68. The van der Waals surface area contributed by atoms with Crippen molar-refractivity contribution in [3.05, 3.63) is 48.5 Å². The van der Waals surface area contributed by atoms with E-state index in [1.54, 1.807) is 23.1 Å². The first-order chi connectivity index (χ1) is 13.6. The van der Waals surface area contributed by atoms with Crippen LogP contribution in [-0.2, 0) is 9.59 Å². The van der Waals surface area contributed by atoms with Crippen molar-refractivity contribution in [3.63, 3.8) is 0 Å². The Kier molecular flexibility index (Phi) is 6.53. The average Bonchev–Trinajstić information content (AvgIpc) is 2.71. The number of carbonyl (C=O) groups is 2. The Bertz CT molecular complexity index is 819. The lowest BCUT2D eigenvalue weighted by molar-refractivity contribution is -0.121. The van der Waals surface area contributed by atoms with Crippen molar-refractivity contribution < 1.29 is 19.1 Å². The maximum Gasteiger partial charge on any atom is 0.265 e. The standard InChI is InChI=1S/C22H26N2O4/c1-3-16(4-2)22(26)23-17-10-11-20-19(14-17)24(21(25)15-28-20)12-13-27-18-8-6-5-7-9-18/h5-11,14,16H,3-4,12-13,15H2,1-2H3,(H,23,26). The van der Waals surface area contributed by atoms with Gasteiger partial charge in [0.15, 0.2) is 6.61 Å². The molecule has 0 saturated heterocycles. The van der Waals surface area contributed by atoms with Crippen molar-refractivity contribution in [3.8, 4) is 11.5 Å². The molecule has 1 heterocycles. The molecule has 0 aromatic heterocycles. The summed E-state index contributed by atoms with van der Waals surface area (Å²) in [5.74, 6) is 1.22.